The molecule has 17 heavy (non-hydrogen) atoms. The third-order valence-electron chi connectivity index (χ3n) is 2.77. The van der Waals surface area contributed by atoms with E-state index in [1.54, 1.807) is 4.80 Å². The summed E-state index contributed by atoms with van der Waals surface area (Å²) in [5.41, 5.74) is 6.70. The van der Waals surface area contributed by atoms with E-state index in [1.807, 2.05) is 30.3 Å². The molecular formula is C12H17N5. The molecular weight excluding hydrogens is 214 g/mol. The third kappa shape index (κ3) is 2.50. The maximum Gasteiger partial charge on any atom is 0.204 e. The van der Waals surface area contributed by atoms with Crippen molar-refractivity contribution < 1.29 is 0 Å². The smallest absolute Gasteiger partial charge is 0.204 e. The summed E-state index contributed by atoms with van der Waals surface area (Å²) in [6, 6.07) is 9.91. The quantitative estimate of drug-likeness (QED) is 0.865. The van der Waals surface area contributed by atoms with Gasteiger partial charge in [-0.05, 0) is 11.1 Å². The topological polar surface area (TPSA) is 69.6 Å². The predicted molar refractivity (Wildman–Crippen MR) is 66.2 cm³/mol. The second kappa shape index (κ2) is 5.05. The molecule has 0 saturated heterocycles. The fraction of sp³-hybridized carbons (Fsp3) is 0.417. The van der Waals surface area contributed by atoms with E-state index in [-0.39, 0.29) is 6.04 Å². The Morgan fingerprint density at radius 3 is 2.53 bits per heavy atom. The molecule has 0 fully saturated rings. The van der Waals surface area contributed by atoms with Crippen molar-refractivity contribution in [3.8, 4) is 11.4 Å². The van der Waals surface area contributed by atoms with E-state index in [2.05, 4.69) is 29.3 Å². The van der Waals surface area contributed by atoms with E-state index in [0.717, 1.165) is 5.56 Å². The second-order valence-corrected chi connectivity index (χ2v) is 4.35. The molecule has 0 amide bonds. The van der Waals surface area contributed by atoms with Crippen LogP contribution in [0.3, 0.4) is 0 Å². The summed E-state index contributed by atoms with van der Waals surface area (Å²) in [6.45, 7) is 4.72. The standard InChI is InChI=1S/C12H17N5/c1-9(2)11(8-13)17-15-12(14-16-17)10-6-4-3-5-7-10/h3-7,9,11H,8,13H2,1-2H3. The summed E-state index contributed by atoms with van der Waals surface area (Å²) in [6.07, 6.45) is 0. The van der Waals surface area contributed by atoms with Crippen LogP contribution >= 0.6 is 0 Å². The maximum absolute atomic E-state index is 5.73. The fourth-order valence-electron chi connectivity index (χ4n) is 1.70. The van der Waals surface area contributed by atoms with Crippen LogP contribution in [0.25, 0.3) is 11.4 Å². The second-order valence-electron chi connectivity index (χ2n) is 4.35. The summed E-state index contributed by atoms with van der Waals surface area (Å²) in [7, 11) is 0. The van der Waals surface area contributed by atoms with Crippen molar-refractivity contribution in [2.45, 2.75) is 19.9 Å². The highest BCUT2D eigenvalue weighted by atomic mass is 15.6. The molecule has 1 aromatic heterocycles. The zero-order valence-corrected chi connectivity index (χ0v) is 10.1. The number of nitrogens with two attached hydrogens (primary N) is 1. The lowest BCUT2D eigenvalue weighted by Crippen LogP contribution is -2.26. The van der Waals surface area contributed by atoms with Crippen LogP contribution in [0.5, 0.6) is 0 Å². The van der Waals surface area contributed by atoms with Crippen LogP contribution in [0.1, 0.15) is 19.9 Å². The number of rotatable bonds is 4. The van der Waals surface area contributed by atoms with Crippen LogP contribution in [0.2, 0.25) is 0 Å². The zero-order chi connectivity index (χ0) is 12.3. The number of aromatic nitrogens is 4. The molecule has 0 bridgehead atoms. The van der Waals surface area contributed by atoms with Crippen molar-refractivity contribution in [3.05, 3.63) is 30.3 Å². The molecule has 0 spiro atoms. The maximum atomic E-state index is 5.73. The molecule has 0 saturated carbocycles. The van der Waals surface area contributed by atoms with Crippen LogP contribution in [-0.4, -0.2) is 26.8 Å². The molecule has 90 valence electrons. The molecule has 0 radical (unpaired) electrons. The van der Waals surface area contributed by atoms with Crippen LogP contribution < -0.4 is 5.73 Å². The molecule has 1 aromatic carbocycles. The Labute approximate surface area is 101 Å². The van der Waals surface area contributed by atoms with Gasteiger partial charge in [-0.25, -0.2) is 0 Å². The number of nitrogens with zero attached hydrogens (tertiary/aromatic N) is 4. The van der Waals surface area contributed by atoms with Gasteiger partial charge in [0.1, 0.15) is 0 Å². The lowest BCUT2D eigenvalue weighted by atomic mass is 10.1. The first kappa shape index (κ1) is 11.7. The molecule has 0 aliphatic heterocycles. The molecule has 0 aliphatic rings. The number of hydrogen-bond acceptors (Lipinski definition) is 4. The summed E-state index contributed by atoms with van der Waals surface area (Å²) >= 11 is 0. The molecule has 1 unspecified atom stereocenters. The molecule has 2 aromatic rings. The van der Waals surface area contributed by atoms with Gasteiger partial charge in [0.15, 0.2) is 0 Å². The lowest BCUT2D eigenvalue weighted by molar-refractivity contribution is 0.316. The predicted octanol–water partition coefficient (Wildman–Crippen LogP) is 1.50. The van der Waals surface area contributed by atoms with Gasteiger partial charge in [-0.2, -0.15) is 4.80 Å². The molecule has 2 rings (SSSR count). The third-order valence-corrected chi connectivity index (χ3v) is 2.77. The minimum atomic E-state index is 0.0972. The Kier molecular flexibility index (Phi) is 3.49. The number of benzene rings is 1. The number of hydrogen-bond donors (Lipinski definition) is 1. The van der Waals surface area contributed by atoms with E-state index in [4.69, 9.17) is 5.73 Å². The van der Waals surface area contributed by atoms with E-state index < -0.39 is 0 Å². The van der Waals surface area contributed by atoms with Crippen molar-refractivity contribution in [2.24, 2.45) is 11.7 Å². The first-order valence-corrected chi connectivity index (χ1v) is 5.77. The van der Waals surface area contributed by atoms with Crippen LogP contribution in [-0.2, 0) is 0 Å². The minimum absolute atomic E-state index is 0.0972. The van der Waals surface area contributed by atoms with E-state index in [9.17, 15) is 0 Å². The van der Waals surface area contributed by atoms with Gasteiger partial charge in [0.25, 0.3) is 0 Å². The zero-order valence-electron chi connectivity index (χ0n) is 10.1. The summed E-state index contributed by atoms with van der Waals surface area (Å²) < 4.78 is 0. The van der Waals surface area contributed by atoms with Crippen molar-refractivity contribution in [1.82, 2.24) is 20.2 Å². The van der Waals surface area contributed by atoms with Crippen molar-refractivity contribution >= 4 is 0 Å². The van der Waals surface area contributed by atoms with Gasteiger partial charge in [0, 0.05) is 12.1 Å². The molecule has 0 aliphatic carbocycles. The van der Waals surface area contributed by atoms with Crippen LogP contribution in [0, 0.1) is 5.92 Å². The fourth-order valence-corrected chi connectivity index (χ4v) is 1.70. The highest BCUT2D eigenvalue weighted by molar-refractivity contribution is 5.52. The van der Waals surface area contributed by atoms with Gasteiger partial charge in [-0.15, -0.1) is 10.2 Å². The molecule has 1 heterocycles. The van der Waals surface area contributed by atoms with Crippen molar-refractivity contribution in [2.75, 3.05) is 6.54 Å². The summed E-state index contributed by atoms with van der Waals surface area (Å²) in [5.74, 6) is 1.03. The van der Waals surface area contributed by atoms with Gasteiger partial charge in [-0.1, -0.05) is 44.2 Å². The molecule has 2 N–H and O–H groups in total. The lowest BCUT2D eigenvalue weighted by Gasteiger charge is -2.16. The van der Waals surface area contributed by atoms with E-state index >= 15 is 0 Å². The van der Waals surface area contributed by atoms with Crippen molar-refractivity contribution in [3.63, 3.8) is 0 Å². The van der Waals surface area contributed by atoms with Gasteiger partial charge in [-0.3, -0.25) is 0 Å². The average molecular weight is 231 g/mol. The van der Waals surface area contributed by atoms with Gasteiger partial charge >= 0.3 is 0 Å². The Morgan fingerprint density at radius 2 is 1.94 bits per heavy atom. The molecule has 5 nitrogen and oxygen atoms in total. The first-order chi connectivity index (χ1) is 8.22. The average Bonchev–Trinajstić information content (AvgIpc) is 2.80. The van der Waals surface area contributed by atoms with Crippen molar-refractivity contribution in [1.29, 1.82) is 0 Å². The van der Waals surface area contributed by atoms with Crippen LogP contribution in [0.15, 0.2) is 30.3 Å². The Balaban J connectivity index is 2.27. The number of tetrazole rings is 1. The Hall–Kier alpha value is -1.75. The Bertz CT molecular complexity index is 463. The monoisotopic (exact) mass is 231 g/mol. The van der Waals surface area contributed by atoms with Gasteiger partial charge in [0.2, 0.25) is 5.82 Å². The van der Waals surface area contributed by atoms with Crippen LogP contribution in [0.4, 0.5) is 0 Å². The summed E-state index contributed by atoms with van der Waals surface area (Å²) in [4.78, 5) is 1.62. The minimum Gasteiger partial charge on any atom is -0.328 e. The largest absolute Gasteiger partial charge is 0.328 e. The summed E-state index contributed by atoms with van der Waals surface area (Å²) in [5, 5.41) is 12.5. The van der Waals surface area contributed by atoms with E-state index in [1.165, 1.54) is 0 Å². The van der Waals surface area contributed by atoms with E-state index in [0.29, 0.717) is 18.3 Å². The SMILES string of the molecule is CC(C)C(CN)n1nnc(-c2ccccc2)n1. The highest BCUT2D eigenvalue weighted by Gasteiger charge is 2.17. The van der Waals surface area contributed by atoms with Gasteiger partial charge in [0.05, 0.1) is 6.04 Å². The normalized spacial score (nSPS) is 12.9. The highest BCUT2D eigenvalue weighted by Crippen LogP contribution is 2.17. The van der Waals surface area contributed by atoms with Gasteiger partial charge < -0.3 is 5.73 Å². The molecule has 1 atom stereocenters. The molecule has 5 heteroatoms. The first-order valence-electron chi connectivity index (χ1n) is 5.77. The Morgan fingerprint density at radius 1 is 1.24 bits per heavy atom.